The van der Waals surface area contributed by atoms with Crippen LogP contribution in [0.15, 0.2) is 18.2 Å². The highest BCUT2D eigenvalue weighted by Gasteiger charge is 2.34. The molecular weight excluding hydrogens is 274 g/mol. The van der Waals surface area contributed by atoms with Crippen LogP contribution in [0.3, 0.4) is 0 Å². The molecule has 0 saturated carbocycles. The van der Waals surface area contributed by atoms with E-state index < -0.39 is 10.5 Å². The number of carbonyl (C=O) groups excluding carboxylic acids is 1. The van der Waals surface area contributed by atoms with Crippen molar-refractivity contribution in [2.24, 2.45) is 0 Å². The van der Waals surface area contributed by atoms with Crippen LogP contribution in [-0.4, -0.2) is 40.5 Å². The van der Waals surface area contributed by atoms with Crippen LogP contribution in [0.25, 0.3) is 0 Å². The highest BCUT2D eigenvalue weighted by Crippen LogP contribution is 2.26. The van der Waals surface area contributed by atoms with Crippen molar-refractivity contribution >= 4 is 17.3 Å². The smallest absolute Gasteiger partial charge is 0.270 e. The number of rotatable bonds is 2. The molecule has 7 nitrogen and oxygen atoms in total. The number of benzene rings is 1. The van der Waals surface area contributed by atoms with Gasteiger partial charge in [-0.1, -0.05) is 0 Å². The monoisotopic (exact) mass is 293 g/mol. The van der Waals surface area contributed by atoms with Crippen LogP contribution in [0.5, 0.6) is 0 Å². The molecule has 114 valence electrons. The summed E-state index contributed by atoms with van der Waals surface area (Å²) in [5.74, 6) is -0.306. The molecule has 1 atom stereocenters. The largest absolute Gasteiger partial charge is 0.398 e. The fraction of sp³-hybridized carbons (Fsp3) is 0.500. The first-order valence-electron chi connectivity index (χ1n) is 6.70. The Morgan fingerprint density at radius 2 is 2.19 bits per heavy atom. The standard InChI is InChI=1S/C14H19N3O4/c1-9-7-16(8-14(2,3)21-9)13(18)11-6-10(17(19)20)4-5-12(11)15/h4-6,9H,7-8,15H2,1-3H3. The lowest BCUT2D eigenvalue weighted by Gasteiger charge is -2.41. The molecule has 2 rings (SSSR count). The molecule has 1 aliphatic rings. The quantitative estimate of drug-likeness (QED) is 0.509. The number of anilines is 1. The van der Waals surface area contributed by atoms with Crippen molar-refractivity contribution in [3.05, 3.63) is 33.9 Å². The summed E-state index contributed by atoms with van der Waals surface area (Å²) in [6.07, 6.45) is -0.0994. The normalized spacial score (nSPS) is 21.1. The average Bonchev–Trinajstić information content (AvgIpc) is 2.35. The summed E-state index contributed by atoms with van der Waals surface area (Å²) in [6, 6.07) is 3.91. The number of nitro groups is 1. The summed E-state index contributed by atoms with van der Waals surface area (Å²) in [7, 11) is 0. The lowest BCUT2D eigenvalue weighted by Crippen LogP contribution is -2.53. The van der Waals surface area contributed by atoms with Crippen molar-refractivity contribution < 1.29 is 14.5 Å². The van der Waals surface area contributed by atoms with Gasteiger partial charge in [-0.25, -0.2) is 0 Å². The van der Waals surface area contributed by atoms with E-state index in [-0.39, 0.29) is 28.9 Å². The van der Waals surface area contributed by atoms with Crippen LogP contribution < -0.4 is 5.73 Å². The van der Waals surface area contributed by atoms with Crippen molar-refractivity contribution in [3.8, 4) is 0 Å². The van der Waals surface area contributed by atoms with Gasteiger partial charge in [-0.15, -0.1) is 0 Å². The molecule has 1 unspecified atom stereocenters. The number of nitrogens with two attached hydrogens (primary N) is 1. The second kappa shape index (κ2) is 5.33. The molecule has 1 aliphatic heterocycles. The van der Waals surface area contributed by atoms with Gasteiger partial charge in [0, 0.05) is 30.9 Å². The molecule has 0 aromatic heterocycles. The first-order valence-corrected chi connectivity index (χ1v) is 6.70. The minimum absolute atomic E-state index is 0.0994. The summed E-state index contributed by atoms with van der Waals surface area (Å²) < 4.78 is 5.75. The molecule has 0 bridgehead atoms. The van der Waals surface area contributed by atoms with Gasteiger partial charge in [-0.2, -0.15) is 0 Å². The SMILES string of the molecule is CC1CN(C(=O)c2cc([N+](=O)[O-])ccc2N)CC(C)(C)O1. The van der Waals surface area contributed by atoms with Gasteiger partial charge in [0.2, 0.25) is 0 Å². The zero-order valence-corrected chi connectivity index (χ0v) is 12.3. The molecule has 7 heteroatoms. The van der Waals surface area contributed by atoms with Crippen molar-refractivity contribution in [2.45, 2.75) is 32.5 Å². The van der Waals surface area contributed by atoms with E-state index in [0.717, 1.165) is 0 Å². The molecule has 0 spiro atoms. The zero-order chi connectivity index (χ0) is 15.8. The van der Waals surface area contributed by atoms with E-state index in [2.05, 4.69) is 0 Å². The second-order valence-corrected chi connectivity index (χ2v) is 5.90. The predicted octanol–water partition coefficient (Wildman–Crippen LogP) is 1.82. The molecule has 2 N–H and O–H groups in total. The van der Waals surface area contributed by atoms with Crippen LogP contribution in [-0.2, 0) is 4.74 Å². The Hall–Kier alpha value is -2.15. The fourth-order valence-corrected chi connectivity index (χ4v) is 2.62. The number of amides is 1. The summed E-state index contributed by atoms with van der Waals surface area (Å²) in [4.78, 5) is 24.5. The van der Waals surface area contributed by atoms with Crippen molar-refractivity contribution in [2.75, 3.05) is 18.8 Å². The molecule has 1 amide bonds. The number of carbonyl (C=O) groups is 1. The number of nitro benzene ring substituents is 1. The number of ether oxygens (including phenoxy) is 1. The number of hydrogen-bond acceptors (Lipinski definition) is 5. The Kier molecular flexibility index (Phi) is 3.87. The second-order valence-electron chi connectivity index (χ2n) is 5.90. The van der Waals surface area contributed by atoms with Gasteiger partial charge in [-0.05, 0) is 26.8 Å². The van der Waals surface area contributed by atoms with Gasteiger partial charge in [-0.3, -0.25) is 14.9 Å². The van der Waals surface area contributed by atoms with E-state index >= 15 is 0 Å². The van der Waals surface area contributed by atoms with E-state index in [4.69, 9.17) is 10.5 Å². The Morgan fingerprint density at radius 3 is 2.76 bits per heavy atom. The fourth-order valence-electron chi connectivity index (χ4n) is 2.62. The van der Waals surface area contributed by atoms with Gasteiger partial charge in [0.25, 0.3) is 11.6 Å². The molecule has 21 heavy (non-hydrogen) atoms. The number of non-ortho nitro benzene ring substituents is 1. The summed E-state index contributed by atoms with van der Waals surface area (Å²) in [5, 5.41) is 10.8. The van der Waals surface area contributed by atoms with Gasteiger partial charge in [0.05, 0.1) is 22.2 Å². The number of nitrogen functional groups attached to an aromatic ring is 1. The Balaban J connectivity index is 2.31. The van der Waals surface area contributed by atoms with Gasteiger partial charge in [0.15, 0.2) is 0 Å². The van der Waals surface area contributed by atoms with E-state index in [1.165, 1.54) is 18.2 Å². The maximum atomic E-state index is 12.6. The van der Waals surface area contributed by atoms with E-state index in [9.17, 15) is 14.9 Å². The molecule has 0 aliphatic carbocycles. The molecule has 1 heterocycles. The topological polar surface area (TPSA) is 98.7 Å². The Bertz CT molecular complexity index is 586. The Labute approximate surface area is 122 Å². The summed E-state index contributed by atoms with van der Waals surface area (Å²) in [5.41, 5.74) is 5.60. The first kappa shape index (κ1) is 15.2. The molecule has 0 radical (unpaired) electrons. The zero-order valence-electron chi connectivity index (χ0n) is 12.3. The maximum absolute atomic E-state index is 12.6. The van der Waals surface area contributed by atoms with E-state index in [1.807, 2.05) is 20.8 Å². The lowest BCUT2D eigenvalue weighted by molar-refractivity contribution is -0.384. The third-order valence-corrected chi connectivity index (χ3v) is 3.33. The number of morpholine rings is 1. The first-order chi connectivity index (χ1) is 9.69. The van der Waals surface area contributed by atoms with Crippen LogP contribution in [0.4, 0.5) is 11.4 Å². The molecule has 1 saturated heterocycles. The van der Waals surface area contributed by atoms with Crippen LogP contribution in [0, 0.1) is 10.1 Å². The highest BCUT2D eigenvalue weighted by molar-refractivity contribution is 5.99. The summed E-state index contributed by atoms with van der Waals surface area (Å²) >= 11 is 0. The molecule has 1 aromatic carbocycles. The van der Waals surface area contributed by atoms with Crippen LogP contribution >= 0.6 is 0 Å². The number of nitrogens with zero attached hydrogens (tertiary/aromatic N) is 2. The van der Waals surface area contributed by atoms with Crippen molar-refractivity contribution in [1.82, 2.24) is 4.90 Å². The average molecular weight is 293 g/mol. The minimum atomic E-state index is -0.540. The molecule has 1 fully saturated rings. The van der Waals surface area contributed by atoms with E-state index in [0.29, 0.717) is 13.1 Å². The molecular formula is C14H19N3O4. The van der Waals surface area contributed by atoms with Gasteiger partial charge in [0.1, 0.15) is 0 Å². The predicted molar refractivity (Wildman–Crippen MR) is 78.0 cm³/mol. The summed E-state index contributed by atoms with van der Waals surface area (Å²) in [6.45, 7) is 6.54. The van der Waals surface area contributed by atoms with Crippen LogP contribution in [0.2, 0.25) is 0 Å². The van der Waals surface area contributed by atoms with E-state index in [1.54, 1.807) is 4.90 Å². The van der Waals surface area contributed by atoms with Crippen molar-refractivity contribution in [3.63, 3.8) is 0 Å². The van der Waals surface area contributed by atoms with Gasteiger partial charge < -0.3 is 15.4 Å². The van der Waals surface area contributed by atoms with Crippen LogP contribution in [0.1, 0.15) is 31.1 Å². The third-order valence-electron chi connectivity index (χ3n) is 3.33. The molecule has 1 aromatic rings. The third kappa shape index (κ3) is 3.30. The van der Waals surface area contributed by atoms with Gasteiger partial charge >= 0.3 is 0 Å². The lowest BCUT2D eigenvalue weighted by atomic mass is 10.0. The number of hydrogen-bond donors (Lipinski definition) is 1. The Morgan fingerprint density at radius 1 is 1.52 bits per heavy atom. The minimum Gasteiger partial charge on any atom is -0.398 e. The maximum Gasteiger partial charge on any atom is 0.270 e. The highest BCUT2D eigenvalue weighted by atomic mass is 16.6. The van der Waals surface area contributed by atoms with Crippen molar-refractivity contribution in [1.29, 1.82) is 0 Å².